The zero-order valence-electron chi connectivity index (χ0n) is 54.0. The van der Waals surface area contributed by atoms with Crippen LogP contribution >= 0.6 is 7.82 Å². The van der Waals surface area contributed by atoms with Gasteiger partial charge in [0.2, 0.25) is 0 Å². The van der Waals surface area contributed by atoms with Crippen LogP contribution in [0.15, 0.2) is 97.2 Å². The first kappa shape index (κ1) is 78.9. The zero-order valence-corrected chi connectivity index (χ0v) is 54.8. The van der Waals surface area contributed by atoms with Gasteiger partial charge in [-0.3, -0.25) is 18.6 Å². The molecule has 0 aliphatic heterocycles. The van der Waals surface area contributed by atoms with Gasteiger partial charge in [-0.25, -0.2) is 4.57 Å². The molecule has 474 valence electrons. The van der Waals surface area contributed by atoms with E-state index in [0.29, 0.717) is 17.4 Å². The largest absolute Gasteiger partial charge is 0.472 e. The normalized spacial score (nSPS) is 13.8. The Morgan fingerprint density at radius 2 is 0.695 bits per heavy atom. The summed E-state index contributed by atoms with van der Waals surface area (Å²) in [6.07, 6.45) is 86.4. The molecule has 0 saturated carbocycles. The Balaban J connectivity index is 4.07. The van der Waals surface area contributed by atoms with E-state index >= 15 is 0 Å². The summed E-state index contributed by atoms with van der Waals surface area (Å²) in [5, 5.41) is 0. The van der Waals surface area contributed by atoms with Crippen molar-refractivity contribution in [2.75, 3.05) is 47.5 Å². The number of nitrogens with zero attached hydrogens (tertiary/aromatic N) is 1. The number of hydrogen-bond donors (Lipinski definition) is 1. The molecule has 9 nitrogen and oxygen atoms in total. The highest BCUT2D eigenvalue weighted by atomic mass is 31.2. The number of quaternary nitrogens is 1. The summed E-state index contributed by atoms with van der Waals surface area (Å²) in [6, 6.07) is 0. The van der Waals surface area contributed by atoms with Gasteiger partial charge in [0, 0.05) is 12.8 Å². The lowest BCUT2D eigenvalue weighted by molar-refractivity contribution is -0.870. The van der Waals surface area contributed by atoms with E-state index in [2.05, 4.69) is 111 Å². The standard InChI is InChI=1S/C72H128NO8P/c1-6-8-10-12-14-16-18-20-22-24-26-28-30-32-34-35-36-37-39-40-42-44-46-48-50-52-54-56-58-60-62-64-71(74)78-68-70(69-80-82(76,77)79-67-66-73(3,4)5)81-72(75)65-63-61-59-57-55-53-51-49-47-45-43-41-38-33-31-29-27-25-23-21-19-17-15-13-11-9-7-2/h9,11,15,17-18,20-21,23-24,26-27,29-30,32-33,38,70H,6-8,10,12-14,16,19,22,25,28,31,34-37,39-69H2,1-5H3/p+1/b11-9-,17-15-,20-18-,23-21-,26-24-,29-27-,32-30-,38-33-. The van der Waals surface area contributed by atoms with Gasteiger partial charge in [0.25, 0.3) is 0 Å². The van der Waals surface area contributed by atoms with Crippen LogP contribution in [0.3, 0.4) is 0 Å². The van der Waals surface area contributed by atoms with E-state index in [1.807, 2.05) is 21.1 Å². The molecule has 0 radical (unpaired) electrons. The molecule has 1 N–H and O–H groups in total. The van der Waals surface area contributed by atoms with Crippen molar-refractivity contribution in [3.63, 3.8) is 0 Å². The van der Waals surface area contributed by atoms with Crippen molar-refractivity contribution < 1.29 is 42.1 Å². The number of carbonyl (C=O) groups excluding carboxylic acids is 2. The maximum Gasteiger partial charge on any atom is 0.472 e. The number of phosphoric ester groups is 1. The molecule has 0 aromatic heterocycles. The van der Waals surface area contributed by atoms with E-state index in [4.69, 9.17) is 18.5 Å². The fourth-order valence-electron chi connectivity index (χ4n) is 9.40. The van der Waals surface area contributed by atoms with Crippen molar-refractivity contribution in [2.24, 2.45) is 0 Å². The minimum atomic E-state index is -4.40. The SMILES string of the molecule is CC/C=C\C/C=C\C/C=C\C/C=C\C/C=C\CCCCCCCCCCCCCC(=O)OC(COC(=O)CCCCCCCCCCCCCCCCCC/C=C\C/C=C\C/C=C\CCCCCCC)COP(=O)(O)OCC[N+](C)(C)C. The number of phosphoric acid groups is 1. The fraction of sp³-hybridized carbons (Fsp3) is 0.750. The Hall–Kier alpha value is -3.07. The van der Waals surface area contributed by atoms with E-state index in [1.54, 1.807) is 0 Å². The molecule has 0 heterocycles. The number of unbranched alkanes of at least 4 members (excludes halogenated alkanes) is 32. The molecular weight excluding hydrogens is 1040 g/mol. The van der Waals surface area contributed by atoms with Crippen LogP contribution in [0.25, 0.3) is 0 Å². The van der Waals surface area contributed by atoms with Crippen molar-refractivity contribution >= 4 is 19.8 Å². The van der Waals surface area contributed by atoms with Gasteiger partial charge in [0.05, 0.1) is 27.7 Å². The fourth-order valence-corrected chi connectivity index (χ4v) is 10.1. The van der Waals surface area contributed by atoms with E-state index in [9.17, 15) is 19.0 Å². The number of hydrogen-bond acceptors (Lipinski definition) is 7. The lowest BCUT2D eigenvalue weighted by atomic mass is 10.0. The van der Waals surface area contributed by atoms with Crippen LogP contribution in [0.4, 0.5) is 0 Å². The van der Waals surface area contributed by atoms with Crippen molar-refractivity contribution in [1.82, 2.24) is 0 Å². The summed E-state index contributed by atoms with van der Waals surface area (Å²) in [6.45, 7) is 4.33. The van der Waals surface area contributed by atoms with Gasteiger partial charge in [-0.05, 0) is 96.3 Å². The second kappa shape index (κ2) is 62.5. The van der Waals surface area contributed by atoms with Crippen molar-refractivity contribution in [1.29, 1.82) is 0 Å². The van der Waals surface area contributed by atoms with E-state index in [1.165, 1.54) is 173 Å². The van der Waals surface area contributed by atoms with Crippen molar-refractivity contribution in [3.05, 3.63) is 97.2 Å². The first-order chi connectivity index (χ1) is 40.0. The summed E-state index contributed by atoms with van der Waals surface area (Å²) in [4.78, 5) is 35.9. The van der Waals surface area contributed by atoms with Crippen LogP contribution in [0.5, 0.6) is 0 Å². The summed E-state index contributed by atoms with van der Waals surface area (Å²) in [5.74, 6) is -0.796. The topological polar surface area (TPSA) is 108 Å². The molecule has 0 aliphatic carbocycles. The monoisotopic (exact) mass is 1170 g/mol. The molecule has 0 spiro atoms. The highest BCUT2D eigenvalue weighted by Gasteiger charge is 2.27. The molecule has 0 rings (SSSR count). The van der Waals surface area contributed by atoms with Gasteiger partial charge in [-0.1, -0.05) is 284 Å². The molecule has 0 aliphatic rings. The first-order valence-electron chi connectivity index (χ1n) is 34.0. The van der Waals surface area contributed by atoms with E-state index in [0.717, 1.165) is 89.9 Å². The molecule has 2 atom stereocenters. The predicted octanol–water partition coefficient (Wildman–Crippen LogP) is 21.9. The Kier molecular flexibility index (Phi) is 60.1. The molecule has 82 heavy (non-hydrogen) atoms. The smallest absolute Gasteiger partial charge is 0.462 e. The molecule has 0 bridgehead atoms. The zero-order chi connectivity index (χ0) is 59.8. The minimum absolute atomic E-state index is 0.0281. The quantitative estimate of drug-likeness (QED) is 0.0211. The Morgan fingerprint density at radius 1 is 0.390 bits per heavy atom. The molecule has 2 unspecified atom stereocenters. The van der Waals surface area contributed by atoms with Crippen LogP contribution < -0.4 is 0 Å². The minimum Gasteiger partial charge on any atom is -0.462 e. The maximum atomic E-state index is 12.9. The molecule has 0 amide bonds. The lowest BCUT2D eigenvalue weighted by Crippen LogP contribution is -2.37. The summed E-state index contributed by atoms with van der Waals surface area (Å²) >= 11 is 0. The third-order valence-electron chi connectivity index (χ3n) is 14.6. The van der Waals surface area contributed by atoms with Gasteiger partial charge >= 0.3 is 19.8 Å². The first-order valence-corrected chi connectivity index (χ1v) is 35.5. The Labute approximate surface area is 506 Å². The number of allylic oxidation sites excluding steroid dienone is 16. The number of carbonyl (C=O) groups is 2. The van der Waals surface area contributed by atoms with Crippen LogP contribution in [-0.4, -0.2) is 74.9 Å². The maximum absolute atomic E-state index is 12.9. The average Bonchev–Trinajstić information content (AvgIpc) is 3.46. The highest BCUT2D eigenvalue weighted by molar-refractivity contribution is 7.47. The second-order valence-electron chi connectivity index (χ2n) is 23.8. The molecule has 0 aromatic carbocycles. The van der Waals surface area contributed by atoms with E-state index in [-0.39, 0.29) is 32.0 Å². The van der Waals surface area contributed by atoms with Crippen LogP contribution in [-0.2, 0) is 32.7 Å². The second-order valence-corrected chi connectivity index (χ2v) is 25.3. The van der Waals surface area contributed by atoms with Gasteiger partial charge in [-0.2, -0.15) is 0 Å². The van der Waals surface area contributed by atoms with Gasteiger partial charge < -0.3 is 18.9 Å². The lowest BCUT2D eigenvalue weighted by Gasteiger charge is -2.24. The summed E-state index contributed by atoms with van der Waals surface area (Å²) in [5.41, 5.74) is 0. The number of ether oxygens (including phenoxy) is 2. The predicted molar refractivity (Wildman–Crippen MR) is 353 cm³/mol. The molecule has 0 aromatic rings. The number of esters is 2. The van der Waals surface area contributed by atoms with Gasteiger partial charge in [-0.15, -0.1) is 0 Å². The Morgan fingerprint density at radius 3 is 1.04 bits per heavy atom. The van der Waals surface area contributed by atoms with Crippen LogP contribution in [0.1, 0.15) is 296 Å². The molecule has 10 heteroatoms. The molecule has 0 saturated heterocycles. The van der Waals surface area contributed by atoms with Gasteiger partial charge in [0.1, 0.15) is 19.8 Å². The van der Waals surface area contributed by atoms with Crippen LogP contribution in [0, 0.1) is 0 Å². The average molecular weight is 1170 g/mol. The highest BCUT2D eigenvalue weighted by Crippen LogP contribution is 2.43. The molecule has 0 fully saturated rings. The van der Waals surface area contributed by atoms with Crippen LogP contribution in [0.2, 0.25) is 0 Å². The van der Waals surface area contributed by atoms with Gasteiger partial charge in [0.15, 0.2) is 6.10 Å². The number of rotatable bonds is 62. The summed E-state index contributed by atoms with van der Waals surface area (Å²) < 4.78 is 34.7. The summed E-state index contributed by atoms with van der Waals surface area (Å²) in [7, 11) is 1.47. The number of likely N-dealkylation sites (N-methyl/N-ethyl adjacent to an activating group) is 1. The third-order valence-corrected chi connectivity index (χ3v) is 15.6. The molecular formula is C72H129NO8P+. The third kappa shape index (κ3) is 66.1. The van der Waals surface area contributed by atoms with Crippen molar-refractivity contribution in [3.8, 4) is 0 Å². The Bertz CT molecular complexity index is 1710. The van der Waals surface area contributed by atoms with Crippen molar-refractivity contribution in [2.45, 2.75) is 302 Å². The van der Waals surface area contributed by atoms with E-state index < -0.39 is 26.5 Å².